The van der Waals surface area contributed by atoms with Gasteiger partial charge in [-0.2, -0.15) is 0 Å². The van der Waals surface area contributed by atoms with Gasteiger partial charge in [0.15, 0.2) is 0 Å². The average Bonchev–Trinajstić information content (AvgIpc) is 1.61. The molecule has 0 aliphatic rings. The van der Waals surface area contributed by atoms with Crippen molar-refractivity contribution in [3.05, 3.63) is 22.0 Å². The largest absolute Gasteiger partial charge is 1.00 e. The molecule has 52 valence electrons. The van der Waals surface area contributed by atoms with Crippen molar-refractivity contribution in [1.82, 2.24) is 0 Å². The first kappa shape index (κ1) is 22.6. The molecule has 0 aliphatic heterocycles. The third-order valence-electron chi connectivity index (χ3n) is 0.400. The van der Waals surface area contributed by atoms with Gasteiger partial charge in [0.2, 0.25) is 0 Å². The molecule has 0 amide bonds. The summed E-state index contributed by atoms with van der Waals surface area (Å²) < 4.78 is 2.09. The summed E-state index contributed by atoms with van der Waals surface area (Å²) in [5.74, 6) is 0. The maximum absolute atomic E-state index is 2.09. The molecule has 0 rings (SSSR count). The van der Waals surface area contributed by atoms with E-state index in [1.807, 2.05) is 25.2 Å². The molecule has 0 aromatic heterocycles. The van der Waals surface area contributed by atoms with E-state index in [1.54, 1.807) is 0 Å². The van der Waals surface area contributed by atoms with Gasteiger partial charge in [-0.1, -0.05) is 0 Å². The summed E-state index contributed by atoms with van der Waals surface area (Å²) in [6.45, 7) is 2.01. The van der Waals surface area contributed by atoms with E-state index in [0.717, 1.165) is 0 Å². The van der Waals surface area contributed by atoms with Crippen LogP contribution in [0.4, 0.5) is 0 Å². The van der Waals surface area contributed by atoms with Gasteiger partial charge in [0.05, 0.1) is 0 Å². The molecule has 0 aliphatic carbocycles. The Kier molecular flexibility index (Phi) is 56.2. The van der Waals surface area contributed by atoms with Gasteiger partial charge >= 0.3 is 53.7 Å². The molecule has 0 nitrogen and oxygen atoms in total. The normalized spacial score (nSPS) is 7.89. The van der Waals surface area contributed by atoms with Crippen LogP contribution in [-0.4, -0.2) is 0 Å². The summed E-state index contributed by atoms with van der Waals surface area (Å²) >= 11 is 1.46. The Bertz CT molecular complexity index is 60.6. The molecule has 0 aromatic rings. The monoisotopic (exact) mass is 538 g/mol. The quantitative estimate of drug-likeness (QED) is 0.230. The maximum atomic E-state index is 2.09. The van der Waals surface area contributed by atoms with E-state index in [1.165, 1.54) is 24.7 Å². The molecular formula is C5H7I3Zr. The Hall–Kier alpha value is 2.55. The van der Waals surface area contributed by atoms with Crippen LogP contribution >= 0.6 is 0 Å². The molecule has 0 fully saturated rings. The maximum Gasteiger partial charge on any atom is -1.00 e. The Morgan fingerprint density at radius 2 is 1.44 bits per heavy atom. The average molecular weight is 539 g/mol. The smallest absolute Gasteiger partial charge is 1.00 e. The van der Waals surface area contributed by atoms with Crippen LogP contribution in [0.1, 0.15) is 6.92 Å². The number of allylic oxidation sites excluding steroid dienone is 3. The van der Waals surface area contributed by atoms with Crippen LogP contribution in [0.2, 0.25) is 0 Å². The van der Waals surface area contributed by atoms with Gasteiger partial charge in [0.25, 0.3) is 0 Å². The van der Waals surface area contributed by atoms with Crippen molar-refractivity contribution >= 4 is 0 Å². The first-order chi connectivity index (χ1) is 2.91. The molecular weight excluding hydrogens is 532 g/mol. The molecule has 0 saturated carbocycles. The molecule has 0 bridgehead atoms. The molecule has 0 radical (unpaired) electrons. The van der Waals surface area contributed by atoms with Crippen molar-refractivity contribution < 1.29 is 96.6 Å². The minimum Gasteiger partial charge on any atom is -1.00 e. The Morgan fingerprint density at radius 1 is 1.00 bits per heavy atom. The molecule has 0 N–H and O–H groups in total. The van der Waals surface area contributed by atoms with E-state index in [9.17, 15) is 0 Å². The van der Waals surface area contributed by atoms with Crippen molar-refractivity contribution in [3.8, 4) is 0 Å². The number of halogens is 3. The van der Waals surface area contributed by atoms with E-state index in [4.69, 9.17) is 0 Å². The van der Waals surface area contributed by atoms with Crippen LogP contribution in [0.5, 0.6) is 0 Å². The number of rotatable bonds is 1. The molecule has 9 heavy (non-hydrogen) atoms. The van der Waals surface area contributed by atoms with Gasteiger partial charge in [-0.3, -0.25) is 0 Å². The molecule has 0 heterocycles. The molecule has 0 spiro atoms. The van der Waals surface area contributed by atoms with Gasteiger partial charge in [-0.25, -0.2) is 0 Å². The summed E-state index contributed by atoms with van der Waals surface area (Å²) in [4.78, 5) is 0. The second-order valence-corrected chi connectivity index (χ2v) is 1.70. The van der Waals surface area contributed by atoms with Crippen molar-refractivity contribution in [2.45, 2.75) is 6.92 Å². The van der Waals surface area contributed by atoms with Gasteiger partial charge in [-0.05, 0) is 0 Å². The zero-order chi connectivity index (χ0) is 4.83. The van der Waals surface area contributed by atoms with Crippen LogP contribution in [0.25, 0.3) is 0 Å². The zero-order valence-electron chi connectivity index (χ0n) is 4.94. The summed E-state index contributed by atoms with van der Waals surface area (Å²) in [5, 5.41) is 0. The van der Waals surface area contributed by atoms with Gasteiger partial charge in [-0.15, -0.1) is 0 Å². The minimum atomic E-state index is 0. The van der Waals surface area contributed by atoms with E-state index in [0.29, 0.717) is 0 Å². The van der Waals surface area contributed by atoms with Crippen LogP contribution < -0.4 is 71.9 Å². The predicted molar refractivity (Wildman–Crippen MR) is 24.0 cm³/mol. The Balaban J connectivity index is -0.0000000417. The van der Waals surface area contributed by atoms with Crippen molar-refractivity contribution in [3.63, 3.8) is 0 Å². The van der Waals surface area contributed by atoms with Gasteiger partial charge in [0.1, 0.15) is 0 Å². The van der Waals surface area contributed by atoms with Crippen LogP contribution in [-0.2, 0) is 24.7 Å². The van der Waals surface area contributed by atoms with Crippen molar-refractivity contribution in [1.29, 1.82) is 0 Å². The third-order valence-corrected chi connectivity index (χ3v) is 0.873. The van der Waals surface area contributed by atoms with E-state index >= 15 is 0 Å². The standard InChI is InChI=1S/C5H7.3HI.Zr/c1-3-5-4-2;;;;/h1,3-5H,2H3;3*1H;/q;;;;+3/p-3. The first-order valence-electron chi connectivity index (χ1n) is 1.87. The van der Waals surface area contributed by atoms with Crippen molar-refractivity contribution in [2.75, 3.05) is 0 Å². The van der Waals surface area contributed by atoms with Gasteiger partial charge < -0.3 is 71.9 Å². The molecule has 0 saturated heterocycles. The fourth-order valence-corrected chi connectivity index (χ4v) is 0.440. The van der Waals surface area contributed by atoms with E-state index < -0.39 is 0 Å². The second-order valence-electron chi connectivity index (χ2n) is 0.885. The topological polar surface area (TPSA) is 0 Å². The zero-order valence-corrected chi connectivity index (χ0v) is 13.9. The molecule has 0 unspecified atom stereocenters. The van der Waals surface area contributed by atoms with Crippen LogP contribution in [0.3, 0.4) is 0 Å². The van der Waals surface area contributed by atoms with Crippen molar-refractivity contribution in [2.24, 2.45) is 0 Å². The fourth-order valence-electron chi connectivity index (χ4n) is 0.167. The van der Waals surface area contributed by atoms with Crippen LogP contribution in [0, 0.1) is 0 Å². The summed E-state index contributed by atoms with van der Waals surface area (Å²) in [6, 6.07) is 0. The Morgan fingerprint density at radius 3 is 1.56 bits per heavy atom. The predicted octanol–water partition coefficient (Wildman–Crippen LogP) is -7.37. The van der Waals surface area contributed by atoms with Crippen LogP contribution in [0.15, 0.2) is 22.0 Å². The Labute approximate surface area is 123 Å². The van der Waals surface area contributed by atoms with E-state index in [-0.39, 0.29) is 71.9 Å². The molecule has 0 atom stereocenters. The third kappa shape index (κ3) is 25.0. The summed E-state index contributed by atoms with van der Waals surface area (Å²) in [5.41, 5.74) is 0. The summed E-state index contributed by atoms with van der Waals surface area (Å²) in [7, 11) is 0. The molecule has 0 aromatic carbocycles. The molecule has 4 heteroatoms. The number of hydrogen-bond acceptors (Lipinski definition) is 0. The first-order valence-corrected chi connectivity index (χ1v) is 3.29. The van der Waals surface area contributed by atoms with Gasteiger partial charge in [0, 0.05) is 0 Å². The number of hydrogen-bond donors (Lipinski definition) is 0. The summed E-state index contributed by atoms with van der Waals surface area (Å²) in [6.07, 6.45) is 6.08. The second kappa shape index (κ2) is 22.4. The SMILES string of the molecule is CC=CC=[CH][Zr+3].[I-].[I-].[I-]. The fraction of sp³-hybridized carbons (Fsp3) is 0.200. The van der Waals surface area contributed by atoms with E-state index in [2.05, 4.69) is 3.78 Å². The minimum absolute atomic E-state index is 0.